The molecule has 156 valence electrons. The first-order valence-corrected chi connectivity index (χ1v) is 10.4. The molecule has 2 aromatic carbocycles. The number of nitrogens with zero attached hydrogens (tertiary/aromatic N) is 1. The second-order valence-electron chi connectivity index (χ2n) is 7.70. The largest absolute Gasteiger partial charge is 0.493 e. The van der Waals surface area contributed by atoms with Gasteiger partial charge in [0.05, 0.1) is 7.11 Å². The standard InChI is InChI=1S/C25H28N2O3/c1-18-8-6-7-11-22(18)27-25(28)21(16-26)14-20-12-13-23(24(15-20)29-2)30-17-19-9-4-3-5-10-19/h3-5,9-10,12-15,18,22H,6-8,11,17H2,1-2H3,(H,27,28)/b21-14+/t18-,22-/m1/s1. The summed E-state index contributed by atoms with van der Waals surface area (Å²) in [6, 6.07) is 17.4. The minimum Gasteiger partial charge on any atom is -0.493 e. The lowest BCUT2D eigenvalue weighted by Crippen LogP contribution is -2.41. The van der Waals surface area contributed by atoms with Crippen LogP contribution >= 0.6 is 0 Å². The third-order valence-corrected chi connectivity index (χ3v) is 5.53. The molecule has 2 atom stereocenters. The zero-order valence-corrected chi connectivity index (χ0v) is 17.6. The van der Waals surface area contributed by atoms with Crippen molar-refractivity contribution in [1.82, 2.24) is 5.32 Å². The SMILES string of the molecule is COc1cc(/C=C(\C#N)C(=O)N[C@@H]2CCCC[C@H]2C)ccc1OCc1ccccc1. The van der Waals surface area contributed by atoms with Gasteiger partial charge in [0.1, 0.15) is 18.2 Å². The molecule has 1 saturated carbocycles. The summed E-state index contributed by atoms with van der Waals surface area (Å²) in [6.45, 7) is 2.58. The lowest BCUT2D eigenvalue weighted by molar-refractivity contribution is -0.118. The van der Waals surface area contributed by atoms with Crippen molar-refractivity contribution in [1.29, 1.82) is 5.26 Å². The van der Waals surface area contributed by atoms with Crippen LogP contribution in [0.2, 0.25) is 0 Å². The Hall–Kier alpha value is -3.26. The van der Waals surface area contributed by atoms with Gasteiger partial charge in [-0.3, -0.25) is 4.79 Å². The molecule has 2 aromatic rings. The van der Waals surface area contributed by atoms with Gasteiger partial charge < -0.3 is 14.8 Å². The molecule has 30 heavy (non-hydrogen) atoms. The van der Waals surface area contributed by atoms with Crippen LogP contribution < -0.4 is 14.8 Å². The molecule has 5 nitrogen and oxygen atoms in total. The van der Waals surface area contributed by atoms with Crippen molar-refractivity contribution in [3.8, 4) is 17.6 Å². The molecule has 3 rings (SSSR count). The van der Waals surface area contributed by atoms with Crippen LogP contribution in [0.5, 0.6) is 11.5 Å². The normalized spacial score (nSPS) is 18.9. The molecule has 0 unspecified atom stereocenters. The molecule has 1 fully saturated rings. The van der Waals surface area contributed by atoms with Crippen LogP contribution in [-0.4, -0.2) is 19.1 Å². The zero-order chi connectivity index (χ0) is 21.3. The van der Waals surface area contributed by atoms with E-state index < -0.39 is 0 Å². The fourth-order valence-electron chi connectivity index (χ4n) is 3.72. The topological polar surface area (TPSA) is 71.3 Å². The highest BCUT2D eigenvalue weighted by atomic mass is 16.5. The number of rotatable bonds is 7. The van der Waals surface area contributed by atoms with Gasteiger partial charge in [0.2, 0.25) is 0 Å². The quantitative estimate of drug-likeness (QED) is 0.528. The number of carbonyl (C=O) groups excluding carboxylic acids is 1. The second-order valence-corrected chi connectivity index (χ2v) is 7.70. The van der Waals surface area contributed by atoms with E-state index in [0.29, 0.717) is 29.6 Å². The van der Waals surface area contributed by atoms with Gasteiger partial charge in [-0.05, 0) is 48.1 Å². The summed E-state index contributed by atoms with van der Waals surface area (Å²) in [5.74, 6) is 1.28. The van der Waals surface area contributed by atoms with Gasteiger partial charge in [-0.25, -0.2) is 0 Å². The van der Waals surface area contributed by atoms with Crippen LogP contribution in [0.4, 0.5) is 0 Å². The number of ether oxygens (including phenoxy) is 2. The molecule has 0 bridgehead atoms. The molecule has 0 heterocycles. The van der Waals surface area contributed by atoms with Crippen molar-refractivity contribution in [3.05, 3.63) is 65.2 Å². The summed E-state index contributed by atoms with van der Waals surface area (Å²) in [7, 11) is 1.57. The smallest absolute Gasteiger partial charge is 0.262 e. The van der Waals surface area contributed by atoms with Crippen molar-refractivity contribution in [3.63, 3.8) is 0 Å². The molecule has 0 radical (unpaired) electrons. The van der Waals surface area contributed by atoms with Crippen molar-refractivity contribution < 1.29 is 14.3 Å². The second kappa shape index (κ2) is 10.5. The zero-order valence-electron chi connectivity index (χ0n) is 17.6. The number of carbonyl (C=O) groups is 1. The predicted molar refractivity (Wildman–Crippen MR) is 117 cm³/mol. The van der Waals surface area contributed by atoms with Gasteiger partial charge in [0.25, 0.3) is 5.91 Å². The van der Waals surface area contributed by atoms with Gasteiger partial charge in [0.15, 0.2) is 11.5 Å². The maximum atomic E-state index is 12.6. The maximum Gasteiger partial charge on any atom is 0.262 e. The Bertz CT molecular complexity index is 931. The highest BCUT2D eigenvalue weighted by Gasteiger charge is 2.24. The monoisotopic (exact) mass is 404 g/mol. The third-order valence-electron chi connectivity index (χ3n) is 5.53. The molecule has 1 aliphatic carbocycles. The summed E-state index contributed by atoms with van der Waals surface area (Å²) in [6.07, 6.45) is 5.98. The van der Waals surface area contributed by atoms with E-state index in [0.717, 1.165) is 24.8 Å². The van der Waals surface area contributed by atoms with Crippen LogP contribution in [0.3, 0.4) is 0 Å². The number of hydrogen-bond acceptors (Lipinski definition) is 4. The van der Waals surface area contributed by atoms with Gasteiger partial charge in [-0.15, -0.1) is 0 Å². The van der Waals surface area contributed by atoms with Crippen molar-refractivity contribution in [2.75, 3.05) is 7.11 Å². The first-order valence-electron chi connectivity index (χ1n) is 10.4. The number of hydrogen-bond donors (Lipinski definition) is 1. The summed E-state index contributed by atoms with van der Waals surface area (Å²) in [5, 5.41) is 12.5. The van der Waals surface area contributed by atoms with Crippen molar-refractivity contribution >= 4 is 12.0 Å². The Morgan fingerprint density at radius 3 is 2.63 bits per heavy atom. The number of nitriles is 1. The third kappa shape index (κ3) is 5.64. The lowest BCUT2D eigenvalue weighted by atomic mass is 9.86. The van der Waals surface area contributed by atoms with Gasteiger partial charge >= 0.3 is 0 Å². The van der Waals surface area contributed by atoms with E-state index in [1.807, 2.05) is 42.5 Å². The van der Waals surface area contributed by atoms with E-state index in [9.17, 15) is 10.1 Å². The van der Waals surface area contributed by atoms with Crippen LogP contribution in [0.1, 0.15) is 43.7 Å². The molecule has 1 N–H and O–H groups in total. The molecule has 5 heteroatoms. The highest BCUT2D eigenvalue weighted by molar-refractivity contribution is 6.01. The fourth-order valence-corrected chi connectivity index (χ4v) is 3.72. The summed E-state index contributed by atoms with van der Waals surface area (Å²) >= 11 is 0. The number of nitrogens with one attached hydrogen (secondary N) is 1. The summed E-state index contributed by atoms with van der Waals surface area (Å²) in [5.41, 5.74) is 1.86. The minimum atomic E-state index is -0.320. The van der Waals surface area contributed by atoms with E-state index in [1.54, 1.807) is 25.3 Å². The summed E-state index contributed by atoms with van der Waals surface area (Å²) < 4.78 is 11.3. The molecule has 1 amide bonds. The van der Waals surface area contributed by atoms with Gasteiger partial charge in [0, 0.05) is 6.04 Å². The Balaban J connectivity index is 1.71. The van der Waals surface area contributed by atoms with E-state index in [1.165, 1.54) is 6.42 Å². The molecular formula is C25H28N2O3. The van der Waals surface area contributed by atoms with E-state index in [2.05, 4.69) is 12.2 Å². The minimum absolute atomic E-state index is 0.0905. The van der Waals surface area contributed by atoms with Gasteiger partial charge in [-0.1, -0.05) is 56.2 Å². The molecular weight excluding hydrogens is 376 g/mol. The van der Waals surface area contributed by atoms with Crippen LogP contribution in [0.15, 0.2) is 54.1 Å². The predicted octanol–water partition coefficient (Wildman–Crippen LogP) is 4.88. The Kier molecular flexibility index (Phi) is 7.51. The van der Waals surface area contributed by atoms with E-state index in [-0.39, 0.29) is 17.5 Å². The molecule has 0 spiro atoms. The molecule has 0 aliphatic heterocycles. The Morgan fingerprint density at radius 2 is 1.93 bits per heavy atom. The summed E-state index contributed by atoms with van der Waals surface area (Å²) in [4.78, 5) is 12.6. The molecule has 0 saturated heterocycles. The van der Waals surface area contributed by atoms with Crippen LogP contribution in [-0.2, 0) is 11.4 Å². The fraction of sp³-hybridized carbons (Fsp3) is 0.360. The average molecular weight is 405 g/mol. The Morgan fingerprint density at radius 1 is 1.17 bits per heavy atom. The average Bonchev–Trinajstić information content (AvgIpc) is 2.78. The lowest BCUT2D eigenvalue weighted by Gasteiger charge is -2.29. The highest BCUT2D eigenvalue weighted by Crippen LogP contribution is 2.30. The molecule has 1 aliphatic rings. The number of benzene rings is 2. The Labute approximate surface area is 178 Å². The molecule has 0 aromatic heterocycles. The van der Waals surface area contributed by atoms with Crippen LogP contribution in [0, 0.1) is 17.2 Å². The number of amides is 1. The van der Waals surface area contributed by atoms with Crippen molar-refractivity contribution in [2.45, 2.75) is 45.3 Å². The van der Waals surface area contributed by atoms with Gasteiger partial charge in [-0.2, -0.15) is 5.26 Å². The number of methoxy groups -OCH3 is 1. The first kappa shape index (κ1) is 21.4. The van der Waals surface area contributed by atoms with E-state index >= 15 is 0 Å². The van der Waals surface area contributed by atoms with E-state index in [4.69, 9.17) is 9.47 Å². The van der Waals surface area contributed by atoms with Crippen molar-refractivity contribution in [2.24, 2.45) is 5.92 Å². The van der Waals surface area contributed by atoms with Crippen LogP contribution in [0.25, 0.3) is 6.08 Å². The first-order chi connectivity index (χ1) is 14.6. The maximum absolute atomic E-state index is 12.6.